The summed E-state index contributed by atoms with van der Waals surface area (Å²) < 4.78 is 5.00. The molecule has 0 aliphatic carbocycles. The van der Waals surface area contributed by atoms with Gasteiger partial charge in [-0.25, -0.2) is 9.59 Å². The first-order valence-corrected chi connectivity index (χ1v) is 10.1. The summed E-state index contributed by atoms with van der Waals surface area (Å²) in [5.41, 5.74) is 1.19. The van der Waals surface area contributed by atoms with Crippen LogP contribution in [0.4, 0.5) is 4.79 Å². The second kappa shape index (κ2) is 12.1. The standard InChI is InChI=1S/C21H22Cl2N2O6/c22-16-7-4-8-17(23)15(16)10-18(20(28)29)25-19(27)9-14(26)11-24-21(30)31-12-13-5-2-1-3-6-13/h1-8,14,18,26H,9-12H2,(H,24,30)(H,25,27)(H,28,29)/t14-,18-/m1/s1. The Morgan fingerprint density at radius 3 is 2.26 bits per heavy atom. The highest BCUT2D eigenvalue weighted by Gasteiger charge is 2.24. The number of benzene rings is 2. The molecule has 0 unspecified atom stereocenters. The van der Waals surface area contributed by atoms with Gasteiger partial charge in [-0.15, -0.1) is 0 Å². The number of carboxylic acids is 1. The summed E-state index contributed by atoms with van der Waals surface area (Å²) in [7, 11) is 0. The van der Waals surface area contributed by atoms with Gasteiger partial charge in [-0.2, -0.15) is 0 Å². The zero-order valence-corrected chi connectivity index (χ0v) is 17.9. The van der Waals surface area contributed by atoms with Gasteiger partial charge in [0.25, 0.3) is 0 Å². The van der Waals surface area contributed by atoms with Gasteiger partial charge in [0.1, 0.15) is 12.6 Å². The zero-order valence-electron chi connectivity index (χ0n) is 16.4. The number of aliphatic hydroxyl groups excluding tert-OH is 1. The Hall–Kier alpha value is -2.81. The average molecular weight is 469 g/mol. The second-order valence-corrected chi connectivity index (χ2v) is 7.48. The Morgan fingerprint density at radius 1 is 1.00 bits per heavy atom. The molecule has 0 radical (unpaired) electrons. The first-order valence-electron chi connectivity index (χ1n) is 9.34. The van der Waals surface area contributed by atoms with Crippen LogP contribution in [0.5, 0.6) is 0 Å². The van der Waals surface area contributed by atoms with Crippen molar-refractivity contribution in [1.29, 1.82) is 0 Å². The number of hydrogen-bond acceptors (Lipinski definition) is 5. The molecule has 8 nitrogen and oxygen atoms in total. The number of rotatable bonds is 10. The van der Waals surface area contributed by atoms with Crippen LogP contribution in [0.25, 0.3) is 0 Å². The van der Waals surface area contributed by atoms with E-state index in [-0.39, 0.29) is 29.6 Å². The van der Waals surface area contributed by atoms with Crippen molar-refractivity contribution in [1.82, 2.24) is 10.6 Å². The van der Waals surface area contributed by atoms with Gasteiger partial charge in [-0.1, -0.05) is 59.6 Å². The third kappa shape index (κ3) is 8.45. The van der Waals surface area contributed by atoms with E-state index in [2.05, 4.69) is 10.6 Å². The van der Waals surface area contributed by atoms with Crippen molar-refractivity contribution in [2.75, 3.05) is 6.54 Å². The topological polar surface area (TPSA) is 125 Å². The Morgan fingerprint density at radius 2 is 1.65 bits per heavy atom. The van der Waals surface area contributed by atoms with Crippen molar-refractivity contribution >= 4 is 41.2 Å². The van der Waals surface area contributed by atoms with E-state index in [0.717, 1.165) is 5.56 Å². The van der Waals surface area contributed by atoms with Crippen LogP contribution >= 0.6 is 23.2 Å². The molecule has 0 saturated heterocycles. The van der Waals surface area contributed by atoms with Gasteiger partial charge in [-0.05, 0) is 23.3 Å². The summed E-state index contributed by atoms with van der Waals surface area (Å²) in [6, 6.07) is 12.5. The first-order chi connectivity index (χ1) is 14.8. The lowest BCUT2D eigenvalue weighted by Crippen LogP contribution is -2.44. The van der Waals surface area contributed by atoms with Gasteiger partial charge >= 0.3 is 12.1 Å². The predicted octanol–water partition coefficient (Wildman–Crippen LogP) is 2.78. The molecule has 2 aromatic carbocycles. The van der Waals surface area contributed by atoms with Crippen LogP contribution < -0.4 is 10.6 Å². The van der Waals surface area contributed by atoms with Gasteiger partial charge in [0, 0.05) is 23.0 Å². The molecule has 0 bridgehead atoms. The molecule has 4 N–H and O–H groups in total. The molecular formula is C21H22Cl2N2O6. The van der Waals surface area contributed by atoms with Gasteiger partial charge in [-0.3, -0.25) is 4.79 Å². The van der Waals surface area contributed by atoms with Gasteiger partial charge < -0.3 is 25.6 Å². The quantitative estimate of drug-likeness (QED) is 0.424. The van der Waals surface area contributed by atoms with Crippen LogP contribution in [0.3, 0.4) is 0 Å². The van der Waals surface area contributed by atoms with Crippen molar-refractivity contribution in [2.24, 2.45) is 0 Å². The van der Waals surface area contributed by atoms with E-state index in [1.54, 1.807) is 30.3 Å². The van der Waals surface area contributed by atoms with Crippen molar-refractivity contribution < 1.29 is 29.3 Å². The zero-order chi connectivity index (χ0) is 22.8. The number of amides is 2. The minimum atomic E-state index is -1.29. The number of aliphatic carboxylic acids is 1. The summed E-state index contributed by atoms with van der Waals surface area (Å²) in [4.78, 5) is 35.3. The average Bonchev–Trinajstić information content (AvgIpc) is 2.73. The molecule has 0 saturated carbocycles. The molecule has 0 heterocycles. The molecule has 166 valence electrons. The SMILES string of the molecule is O=C(C[C@@H](O)CNC(=O)OCc1ccccc1)N[C@H](Cc1c(Cl)cccc1Cl)C(=O)O. The highest BCUT2D eigenvalue weighted by atomic mass is 35.5. The number of aliphatic hydroxyl groups is 1. The summed E-state index contributed by atoms with van der Waals surface area (Å²) in [6.45, 7) is -0.177. The van der Waals surface area contributed by atoms with Crippen LogP contribution in [0.1, 0.15) is 17.5 Å². The number of alkyl carbamates (subject to hydrolysis) is 1. The van der Waals surface area contributed by atoms with Crippen LogP contribution in [-0.2, 0) is 27.4 Å². The molecule has 2 aromatic rings. The van der Waals surface area contributed by atoms with Gasteiger partial charge in [0.05, 0.1) is 12.5 Å². The van der Waals surface area contributed by atoms with Gasteiger partial charge in [0.2, 0.25) is 5.91 Å². The van der Waals surface area contributed by atoms with E-state index in [1.807, 2.05) is 18.2 Å². The fraction of sp³-hybridized carbons (Fsp3) is 0.286. The number of nitrogens with one attached hydrogen (secondary N) is 2. The molecule has 0 fully saturated rings. The molecule has 2 rings (SSSR count). The highest BCUT2D eigenvalue weighted by molar-refractivity contribution is 6.36. The van der Waals surface area contributed by atoms with E-state index >= 15 is 0 Å². The molecule has 0 spiro atoms. The fourth-order valence-corrected chi connectivity index (χ4v) is 3.20. The van der Waals surface area contributed by atoms with E-state index in [0.29, 0.717) is 5.56 Å². The highest BCUT2D eigenvalue weighted by Crippen LogP contribution is 2.25. The lowest BCUT2D eigenvalue weighted by Gasteiger charge is -2.18. The largest absolute Gasteiger partial charge is 0.480 e. The third-order valence-corrected chi connectivity index (χ3v) is 4.93. The molecule has 10 heteroatoms. The molecule has 0 aromatic heterocycles. The van der Waals surface area contributed by atoms with Crippen molar-refractivity contribution in [2.45, 2.75) is 31.6 Å². The lowest BCUT2D eigenvalue weighted by atomic mass is 10.1. The smallest absolute Gasteiger partial charge is 0.407 e. The van der Waals surface area contributed by atoms with Crippen molar-refractivity contribution in [3.05, 3.63) is 69.7 Å². The Bertz CT molecular complexity index is 890. The fourth-order valence-electron chi connectivity index (χ4n) is 2.65. The van der Waals surface area contributed by atoms with E-state index in [4.69, 9.17) is 27.9 Å². The molecule has 0 aliphatic heterocycles. The summed E-state index contributed by atoms with van der Waals surface area (Å²) >= 11 is 12.1. The van der Waals surface area contributed by atoms with Crippen LogP contribution in [0, 0.1) is 0 Å². The molecule has 2 amide bonds. The number of halogens is 2. The third-order valence-electron chi connectivity index (χ3n) is 4.22. The number of carboxylic acid groups (broad SMARTS) is 1. The molecule has 2 atom stereocenters. The summed E-state index contributed by atoms with van der Waals surface area (Å²) in [5.74, 6) is -1.98. The predicted molar refractivity (Wildman–Crippen MR) is 115 cm³/mol. The van der Waals surface area contributed by atoms with Crippen LogP contribution in [0.2, 0.25) is 10.0 Å². The van der Waals surface area contributed by atoms with Crippen molar-refractivity contribution in [3.8, 4) is 0 Å². The van der Waals surface area contributed by atoms with E-state index in [1.165, 1.54) is 0 Å². The number of carbonyl (C=O) groups is 3. The van der Waals surface area contributed by atoms with E-state index in [9.17, 15) is 24.6 Å². The van der Waals surface area contributed by atoms with Gasteiger partial charge in [0.15, 0.2) is 0 Å². The van der Waals surface area contributed by atoms with E-state index < -0.39 is 36.5 Å². The van der Waals surface area contributed by atoms with Crippen LogP contribution in [0.15, 0.2) is 48.5 Å². The van der Waals surface area contributed by atoms with Crippen LogP contribution in [-0.4, -0.2) is 46.9 Å². The Kier molecular flexibility index (Phi) is 9.58. The Labute approximate surface area is 189 Å². The summed E-state index contributed by atoms with van der Waals surface area (Å²) in [6.07, 6.45) is -2.53. The second-order valence-electron chi connectivity index (χ2n) is 6.66. The molecular weight excluding hydrogens is 447 g/mol. The number of ether oxygens (including phenoxy) is 1. The number of hydrogen-bond donors (Lipinski definition) is 4. The lowest BCUT2D eigenvalue weighted by molar-refractivity contribution is -0.142. The summed E-state index contributed by atoms with van der Waals surface area (Å²) in [5, 5.41) is 24.6. The Balaban J connectivity index is 1.78. The maximum absolute atomic E-state index is 12.1. The maximum atomic E-state index is 12.1. The minimum Gasteiger partial charge on any atom is -0.480 e. The monoisotopic (exact) mass is 468 g/mol. The molecule has 0 aliphatic rings. The number of carbonyl (C=O) groups excluding carboxylic acids is 2. The van der Waals surface area contributed by atoms with Crippen molar-refractivity contribution in [3.63, 3.8) is 0 Å². The minimum absolute atomic E-state index is 0.0636. The maximum Gasteiger partial charge on any atom is 0.407 e. The normalized spacial score (nSPS) is 12.5. The first kappa shape index (κ1) is 24.5. The molecule has 31 heavy (non-hydrogen) atoms.